The summed E-state index contributed by atoms with van der Waals surface area (Å²) in [6.07, 6.45) is 4.53. The number of allylic oxidation sites excluding steroid dienone is 3. The van der Waals surface area contributed by atoms with Crippen molar-refractivity contribution in [3.8, 4) is 5.75 Å². The molecule has 1 spiro atoms. The molecule has 1 aromatic carbocycles. The number of nitrogens with zero attached hydrogens (tertiary/aromatic N) is 2. The highest BCUT2D eigenvalue weighted by atomic mass is 35.5. The molecule has 1 aromatic rings. The Balaban J connectivity index is 1.57. The average Bonchev–Trinajstić information content (AvgIpc) is 3.72. The summed E-state index contributed by atoms with van der Waals surface area (Å²) in [5.74, 6) is 0.545. The van der Waals surface area contributed by atoms with Crippen LogP contribution in [0.25, 0.3) is 0 Å². The first-order valence-corrected chi connectivity index (χ1v) is 18.7. The second-order valence-electron chi connectivity index (χ2n) is 16.0. The number of rotatable bonds is 7. The molecule has 2 fully saturated rings. The van der Waals surface area contributed by atoms with Gasteiger partial charge < -0.3 is 38.6 Å². The summed E-state index contributed by atoms with van der Waals surface area (Å²) in [4.78, 5) is 43.7. The number of carbonyl (C=O) groups is 3. The summed E-state index contributed by atoms with van der Waals surface area (Å²) >= 11 is 11.4. The van der Waals surface area contributed by atoms with Crippen LogP contribution in [-0.4, -0.2) is 103 Å². The van der Waals surface area contributed by atoms with E-state index in [4.69, 9.17) is 35.3 Å². The van der Waals surface area contributed by atoms with Gasteiger partial charge in [0, 0.05) is 44.2 Å². The topological polar surface area (TPSA) is 139 Å². The van der Waals surface area contributed by atoms with Crippen LogP contribution in [0, 0.1) is 5.41 Å². The van der Waals surface area contributed by atoms with Crippen LogP contribution < -0.4 is 15.0 Å². The van der Waals surface area contributed by atoms with E-state index in [2.05, 4.69) is 17.9 Å². The van der Waals surface area contributed by atoms with E-state index in [1.165, 1.54) is 19.1 Å². The van der Waals surface area contributed by atoms with Gasteiger partial charge in [-0.2, -0.15) is 12.6 Å². The van der Waals surface area contributed by atoms with Crippen LogP contribution in [0.15, 0.2) is 47.8 Å². The number of halogens is 1. The number of alkyl carbamates (subject to hydrolysis) is 1. The summed E-state index contributed by atoms with van der Waals surface area (Å²) in [6, 6.07) is 3.21. The van der Waals surface area contributed by atoms with Crippen molar-refractivity contribution in [2.45, 2.75) is 120 Å². The molecule has 7 atom stereocenters. The van der Waals surface area contributed by atoms with Gasteiger partial charge >= 0.3 is 6.09 Å². The molecule has 53 heavy (non-hydrogen) atoms. The van der Waals surface area contributed by atoms with Gasteiger partial charge in [0.1, 0.15) is 40.9 Å². The molecule has 0 unspecified atom stereocenters. The Hall–Kier alpha value is -3.23. The molecular weight excluding hydrogens is 722 g/mol. The Kier molecular flexibility index (Phi) is 11.7. The molecule has 0 aliphatic carbocycles. The highest BCUT2D eigenvalue weighted by molar-refractivity contribution is 7.81. The highest BCUT2D eigenvalue weighted by Crippen LogP contribution is 2.58. The van der Waals surface area contributed by atoms with E-state index >= 15 is 0 Å². The highest BCUT2D eigenvalue weighted by Gasteiger charge is 2.72. The molecule has 5 rings (SSSR count). The molecule has 14 heteroatoms. The molecular formula is C39H54ClN3O9S. The fraction of sp³-hybridized carbons (Fsp3) is 0.615. The minimum atomic E-state index is -1.81. The molecule has 0 saturated carbocycles. The van der Waals surface area contributed by atoms with Crippen molar-refractivity contribution in [3.63, 3.8) is 0 Å². The van der Waals surface area contributed by atoms with Crippen LogP contribution in [0.2, 0.25) is 5.02 Å². The Morgan fingerprint density at radius 2 is 1.92 bits per heavy atom. The van der Waals surface area contributed by atoms with Gasteiger partial charge in [0.25, 0.3) is 0 Å². The lowest BCUT2D eigenvalue weighted by Crippen LogP contribution is -2.65. The van der Waals surface area contributed by atoms with Gasteiger partial charge in [-0.3, -0.25) is 14.9 Å². The number of carbonyl (C=O) groups excluding carboxylic acids is 3. The van der Waals surface area contributed by atoms with Crippen LogP contribution in [0.4, 0.5) is 10.5 Å². The number of aliphatic hydroxyl groups is 1. The predicted octanol–water partition coefficient (Wildman–Crippen LogP) is 5.74. The molecule has 4 bridgehead atoms. The van der Waals surface area contributed by atoms with Crippen LogP contribution >= 0.6 is 24.2 Å². The van der Waals surface area contributed by atoms with E-state index in [-0.39, 0.29) is 34.4 Å². The first kappa shape index (κ1) is 40.9. The van der Waals surface area contributed by atoms with E-state index in [0.717, 1.165) is 11.1 Å². The monoisotopic (exact) mass is 775 g/mol. The van der Waals surface area contributed by atoms with E-state index in [0.29, 0.717) is 36.5 Å². The van der Waals surface area contributed by atoms with Crippen molar-refractivity contribution in [3.05, 3.63) is 58.4 Å². The summed E-state index contributed by atoms with van der Waals surface area (Å²) in [5, 5.41) is 14.8. The largest absolute Gasteiger partial charge is 0.495 e. The number of hydrogen-bond donors (Lipinski definition) is 3. The molecule has 3 amide bonds. The van der Waals surface area contributed by atoms with Crippen molar-refractivity contribution in [1.82, 2.24) is 10.2 Å². The number of nitrogens with one attached hydrogen (secondary N) is 1. The van der Waals surface area contributed by atoms with Crippen molar-refractivity contribution in [2.24, 2.45) is 5.41 Å². The third-order valence-corrected chi connectivity index (χ3v) is 11.6. The molecule has 0 aromatic heterocycles. The molecule has 2 saturated heterocycles. The van der Waals surface area contributed by atoms with Gasteiger partial charge in [0.15, 0.2) is 11.3 Å². The van der Waals surface area contributed by atoms with Crippen LogP contribution in [0.3, 0.4) is 0 Å². The Morgan fingerprint density at radius 1 is 1.23 bits per heavy atom. The van der Waals surface area contributed by atoms with Crippen molar-refractivity contribution >= 4 is 47.8 Å². The lowest BCUT2D eigenvalue weighted by atomic mass is 9.73. The summed E-state index contributed by atoms with van der Waals surface area (Å²) in [5.41, 5.74) is -1.52. The fourth-order valence-electron chi connectivity index (χ4n) is 7.46. The first-order chi connectivity index (χ1) is 24.7. The minimum Gasteiger partial charge on any atom is -0.495 e. The Bertz CT molecular complexity index is 1710. The molecule has 4 aliphatic rings. The van der Waals surface area contributed by atoms with Gasteiger partial charge in [-0.15, -0.1) is 0 Å². The number of likely N-dealkylation sites (N-methyl/N-ethyl adjacent to an activating group) is 1. The Labute approximate surface area is 323 Å². The van der Waals surface area contributed by atoms with E-state index in [1.807, 2.05) is 65.8 Å². The van der Waals surface area contributed by atoms with E-state index in [9.17, 15) is 19.5 Å². The molecule has 2 N–H and O–H groups in total. The molecule has 292 valence electrons. The van der Waals surface area contributed by atoms with Gasteiger partial charge in [0.2, 0.25) is 11.8 Å². The zero-order valence-corrected chi connectivity index (χ0v) is 34.0. The number of fused-ring (bicyclic) bond motifs is 4. The minimum absolute atomic E-state index is 0.0176. The normalized spacial score (nSPS) is 32.1. The molecule has 12 nitrogen and oxygen atoms in total. The van der Waals surface area contributed by atoms with Crippen LogP contribution in [0.1, 0.15) is 72.8 Å². The molecule has 4 heterocycles. The lowest BCUT2D eigenvalue weighted by molar-refractivity contribution is -0.154. The van der Waals surface area contributed by atoms with Gasteiger partial charge in [-0.25, -0.2) is 4.79 Å². The second-order valence-corrected chi connectivity index (χ2v) is 17.6. The lowest BCUT2D eigenvalue weighted by Gasteiger charge is -2.45. The van der Waals surface area contributed by atoms with E-state index < -0.39 is 53.3 Å². The van der Waals surface area contributed by atoms with E-state index in [1.54, 1.807) is 31.1 Å². The van der Waals surface area contributed by atoms with Gasteiger partial charge in [-0.1, -0.05) is 63.1 Å². The van der Waals surface area contributed by atoms with Gasteiger partial charge in [-0.05, 0) is 50.5 Å². The number of methoxy groups -OCH3 is 2. The number of epoxide rings is 1. The van der Waals surface area contributed by atoms with Crippen molar-refractivity contribution < 1.29 is 43.2 Å². The molecule has 0 radical (unpaired) electrons. The quantitative estimate of drug-likeness (QED) is 0.234. The first-order valence-electron chi connectivity index (χ1n) is 17.9. The third kappa shape index (κ3) is 8.39. The Morgan fingerprint density at radius 3 is 2.57 bits per heavy atom. The second kappa shape index (κ2) is 15.1. The average molecular weight is 776 g/mol. The number of thiol groups is 1. The summed E-state index contributed by atoms with van der Waals surface area (Å²) in [6.45, 7) is 11.5. The number of amides is 3. The summed E-state index contributed by atoms with van der Waals surface area (Å²) < 4.78 is 30.0. The number of hydrogen-bond acceptors (Lipinski definition) is 10. The van der Waals surface area contributed by atoms with Crippen LogP contribution in [0.5, 0.6) is 5.75 Å². The maximum atomic E-state index is 14.2. The van der Waals surface area contributed by atoms with Crippen molar-refractivity contribution in [2.75, 3.05) is 33.2 Å². The maximum Gasteiger partial charge on any atom is 0.409 e. The van der Waals surface area contributed by atoms with Crippen LogP contribution in [-0.2, 0) is 35.0 Å². The number of ether oxygens (including phenoxy) is 5. The predicted molar refractivity (Wildman–Crippen MR) is 205 cm³/mol. The number of benzene rings is 1. The van der Waals surface area contributed by atoms with Gasteiger partial charge in [0.05, 0.1) is 25.3 Å². The third-order valence-electron chi connectivity index (χ3n) is 11.0. The SMILES string of the molecule is COc1cc2cc(c1Cl)N(C)C(=O)C[C@@H]1OC([C@H](C)N(C)C(=O)CCC(C)(C)S)=C[C@]13O[C@H]3C(C)(C)[C@@H]1C[C@@](O)(NC(=O)O1)[C@H](OC)/C=C/C=C(\C)C2. The van der Waals surface area contributed by atoms with Crippen molar-refractivity contribution in [1.29, 1.82) is 0 Å². The smallest absolute Gasteiger partial charge is 0.409 e. The zero-order chi connectivity index (χ0) is 39.3. The summed E-state index contributed by atoms with van der Waals surface area (Å²) in [7, 11) is 6.37. The fourth-order valence-corrected chi connectivity index (χ4v) is 7.88. The maximum absolute atomic E-state index is 14.2. The zero-order valence-electron chi connectivity index (χ0n) is 32.3. The molecule has 4 aliphatic heterocycles. The number of anilines is 1. The standard InChI is InChI=1S/C39H54ClN3O9S/c1-22-12-11-13-28(49-10)39(47)21-30(51-35(46)41-39)37(5,6)34-38(52-34)20-27(23(2)42(7)31(44)14-15-36(3,4)53)50-29(38)19-32(45)43(8)25-17-24(16-22)18-26(48-9)33(25)40/h11-13,17-18,20,23,28-30,34,47,53H,14-16,19,21H2,1-10H3,(H,41,46)/b13-11+,22-12+/t23-,28+,29-,30-,34-,38-,39-/m0/s1.